The Hall–Kier alpha value is -1.84. The van der Waals surface area contributed by atoms with Crippen LogP contribution < -0.4 is 5.73 Å². The molecule has 0 aliphatic rings. The number of hydrogen-bond acceptors (Lipinski definition) is 2. The molecular formula is C11H12FN3. The molecule has 2 rings (SSSR count). The average molecular weight is 205 g/mol. The van der Waals surface area contributed by atoms with E-state index in [2.05, 4.69) is 5.10 Å². The van der Waals surface area contributed by atoms with Gasteiger partial charge in [-0.2, -0.15) is 5.10 Å². The molecule has 0 bridgehead atoms. The van der Waals surface area contributed by atoms with Gasteiger partial charge in [0.1, 0.15) is 11.6 Å². The van der Waals surface area contributed by atoms with E-state index in [4.69, 9.17) is 5.73 Å². The Labute approximate surface area is 87.3 Å². The van der Waals surface area contributed by atoms with Crippen molar-refractivity contribution < 1.29 is 4.39 Å². The van der Waals surface area contributed by atoms with Gasteiger partial charge < -0.3 is 5.73 Å². The minimum absolute atomic E-state index is 0.0144. The summed E-state index contributed by atoms with van der Waals surface area (Å²) in [6.45, 7) is 1.97. The van der Waals surface area contributed by atoms with Gasteiger partial charge in [0.2, 0.25) is 0 Å². The highest BCUT2D eigenvalue weighted by Crippen LogP contribution is 2.19. The Morgan fingerprint density at radius 3 is 2.47 bits per heavy atom. The van der Waals surface area contributed by atoms with Gasteiger partial charge in [0, 0.05) is 0 Å². The molecule has 78 valence electrons. The molecule has 0 fully saturated rings. The second-order valence-corrected chi connectivity index (χ2v) is 3.43. The Bertz CT molecular complexity index is 447. The van der Waals surface area contributed by atoms with Gasteiger partial charge in [-0.25, -0.2) is 9.07 Å². The summed E-state index contributed by atoms with van der Waals surface area (Å²) in [6, 6.07) is 8.10. The number of nitrogen functional groups attached to an aromatic ring is 1. The van der Waals surface area contributed by atoms with Crippen LogP contribution in [0.5, 0.6) is 0 Å². The summed E-state index contributed by atoms with van der Waals surface area (Å²) in [7, 11) is 0. The fraction of sp³-hybridized carbons (Fsp3) is 0.182. The van der Waals surface area contributed by atoms with E-state index in [1.165, 1.54) is 12.1 Å². The summed E-state index contributed by atoms with van der Waals surface area (Å²) >= 11 is 0. The summed E-state index contributed by atoms with van der Waals surface area (Å²) in [6.07, 6.45) is 1.65. The maximum atomic E-state index is 12.7. The van der Waals surface area contributed by atoms with Crippen molar-refractivity contribution in [2.75, 3.05) is 5.73 Å². The zero-order valence-corrected chi connectivity index (χ0v) is 8.39. The number of benzene rings is 1. The summed E-state index contributed by atoms with van der Waals surface area (Å²) < 4.78 is 14.4. The van der Waals surface area contributed by atoms with E-state index >= 15 is 0 Å². The van der Waals surface area contributed by atoms with Crippen LogP contribution in [-0.2, 0) is 0 Å². The zero-order chi connectivity index (χ0) is 10.8. The first-order chi connectivity index (χ1) is 7.18. The molecule has 2 aromatic rings. The Morgan fingerprint density at radius 1 is 1.27 bits per heavy atom. The Kier molecular flexibility index (Phi) is 2.41. The van der Waals surface area contributed by atoms with E-state index in [0.717, 1.165) is 5.56 Å². The van der Waals surface area contributed by atoms with Crippen LogP contribution in [0, 0.1) is 5.82 Å². The largest absolute Gasteiger partial charge is 0.384 e. The predicted molar refractivity (Wildman–Crippen MR) is 56.9 cm³/mol. The molecule has 4 heteroatoms. The molecule has 3 nitrogen and oxygen atoms in total. The third-order valence-corrected chi connectivity index (χ3v) is 2.42. The highest BCUT2D eigenvalue weighted by molar-refractivity contribution is 5.30. The third-order valence-electron chi connectivity index (χ3n) is 2.42. The lowest BCUT2D eigenvalue weighted by molar-refractivity contribution is 0.569. The van der Waals surface area contributed by atoms with Gasteiger partial charge in [-0.1, -0.05) is 12.1 Å². The number of halogens is 1. The average Bonchev–Trinajstić information content (AvgIpc) is 2.65. The van der Waals surface area contributed by atoms with Crippen LogP contribution in [0.2, 0.25) is 0 Å². The first kappa shape index (κ1) is 9.71. The normalized spacial score (nSPS) is 12.7. The number of nitrogens with zero attached hydrogens (tertiary/aromatic N) is 2. The van der Waals surface area contributed by atoms with Gasteiger partial charge in [0.25, 0.3) is 0 Å². The number of nitrogens with two attached hydrogens (primary N) is 1. The first-order valence-corrected chi connectivity index (χ1v) is 4.73. The van der Waals surface area contributed by atoms with Gasteiger partial charge in [0.05, 0.1) is 12.2 Å². The lowest BCUT2D eigenvalue weighted by Gasteiger charge is -2.14. The molecule has 0 spiro atoms. The van der Waals surface area contributed by atoms with Crippen LogP contribution in [0.1, 0.15) is 18.5 Å². The van der Waals surface area contributed by atoms with E-state index in [9.17, 15) is 4.39 Å². The number of aromatic nitrogens is 2. The van der Waals surface area contributed by atoms with Crippen LogP contribution in [0.4, 0.5) is 10.2 Å². The van der Waals surface area contributed by atoms with Gasteiger partial charge in [0.15, 0.2) is 0 Å². The first-order valence-electron chi connectivity index (χ1n) is 4.73. The summed E-state index contributed by atoms with van der Waals surface area (Å²) in [5.74, 6) is 0.367. The molecule has 1 unspecified atom stereocenters. The molecule has 15 heavy (non-hydrogen) atoms. The lowest BCUT2D eigenvalue weighted by atomic mass is 10.1. The van der Waals surface area contributed by atoms with Crippen LogP contribution in [-0.4, -0.2) is 9.78 Å². The third kappa shape index (κ3) is 1.83. The van der Waals surface area contributed by atoms with Crippen molar-refractivity contribution in [3.63, 3.8) is 0 Å². The molecule has 0 amide bonds. The van der Waals surface area contributed by atoms with E-state index in [-0.39, 0.29) is 11.9 Å². The van der Waals surface area contributed by atoms with Crippen molar-refractivity contribution in [2.45, 2.75) is 13.0 Å². The van der Waals surface area contributed by atoms with Crippen molar-refractivity contribution in [2.24, 2.45) is 0 Å². The lowest BCUT2D eigenvalue weighted by Crippen LogP contribution is -2.11. The molecule has 0 aliphatic heterocycles. The quantitative estimate of drug-likeness (QED) is 0.816. The van der Waals surface area contributed by atoms with Crippen molar-refractivity contribution in [1.82, 2.24) is 9.78 Å². The molecule has 1 aromatic carbocycles. The van der Waals surface area contributed by atoms with E-state index in [0.29, 0.717) is 5.82 Å². The van der Waals surface area contributed by atoms with E-state index < -0.39 is 0 Å². The number of anilines is 1. The minimum atomic E-state index is -0.237. The highest BCUT2D eigenvalue weighted by atomic mass is 19.1. The van der Waals surface area contributed by atoms with Gasteiger partial charge >= 0.3 is 0 Å². The molecule has 0 saturated carbocycles. The summed E-state index contributed by atoms with van der Waals surface area (Å²) in [5, 5.41) is 4.11. The van der Waals surface area contributed by atoms with Crippen molar-refractivity contribution in [3.05, 3.63) is 47.9 Å². The highest BCUT2D eigenvalue weighted by Gasteiger charge is 2.10. The maximum Gasteiger partial charge on any atom is 0.123 e. The maximum absolute atomic E-state index is 12.7. The molecule has 0 radical (unpaired) electrons. The summed E-state index contributed by atoms with van der Waals surface area (Å²) in [4.78, 5) is 0. The van der Waals surface area contributed by atoms with Crippen molar-refractivity contribution in [3.8, 4) is 0 Å². The van der Waals surface area contributed by atoms with Gasteiger partial charge in [-0.05, 0) is 30.7 Å². The SMILES string of the molecule is CC(c1ccc(F)cc1)n1nccc1N. The minimum Gasteiger partial charge on any atom is -0.384 e. The molecule has 0 aliphatic carbocycles. The van der Waals surface area contributed by atoms with E-state index in [1.807, 2.05) is 6.92 Å². The molecule has 0 saturated heterocycles. The van der Waals surface area contributed by atoms with Crippen LogP contribution in [0.25, 0.3) is 0 Å². The van der Waals surface area contributed by atoms with Crippen molar-refractivity contribution in [1.29, 1.82) is 0 Å². The predicted octanol–water partition coefficient (Wildman–Crippen LogP) is 2.21. The molecule has 2 N–H and O–H groups in total. The molecule has 1 aromatic heterocycles. The van der Waals surface area contributed by atoms with Crippen LogP contribution in [0.3, 0.4) is 0 Å². The zero-order valence-electron chi connectivity index (χ0n) is 8.39. The smallest absolute Gasteiger partial charge is 0.123 e. The van der Waals surface area contributed by atoms with Crippen LogP contribution in [0.15, 0.2) is 36.5 Å². The van der Waals surface area contributed by atoms with Crippen LogP contribution >= 0.6 is 0 Å². The number of rotatable bonds is 2. The van der Waals surface area contributed by atoms with Crippen molar-refractivity contribution >= 4 is 5.82 Å². The Balaban J connectivity index is 2.32. The topological polar surface area (TPSA) is 43.8 Å². The number of hydrogen-bond donors (Lipinski definition) is 1. The van der Waals surface area contributed by atoms with Gasteiger partial charge in [-0.3, -0.25) is 0 Å². The monoisotopic (exact) mass is 205 g/mol. The molecule has 1 heterocycles. The molecular weight excluding hydrogens is 193 g/mol. The second kappa shape index (κ2) is 3.73. The fourth-order valence-electron chi connectivity index (χ4n) is 1.53. The van der Waals surface area contributed by atoms with Gasteiger partial charge in [-0.15, -0.1) is 0 Å². The molecule has 1 atom stereocenters. The van der Waals surface area contributed by atoms with E-state index in [1.54, 1.807) is 29.1 Å². The second-order valence-electron chi connectivity index (χ2n) is 3.43. The Morgan fingerprint density at radius 2 is 1.93 bits per heavy atom. The standard InChI is InChI=1S/C11H12FN3/c1-8(15-11(13)6-7-14-15)9-2-4-10(12)5-3-9/h2-8H,13H2,1H3. The fourth-order valence-corrected chi connectivity index (χ4v) is 1.53. The summed E-state index contributed by atoms with van der Waals surface area (Å²) in [5.41, 5.74) is 6.71.